The highest BCUT2D eigenvalue weighted by atomic mass is 79.9. The monoisotopic (exact) mass is 307 g/mol. The highest BCUT2D eigenvalue weighted by molar-refractivity contribution is 9.10. The number of benzene rings is 1. The molecule has 0 aliphatic rings. The molecule has 1 amide bonds. The number of anilines is 1. The van der Waals surface area contributed by atoms with Gasteiger partial charge in [-0.1, -0.05) is 22.0 Å². The minimum Gasteiger partial charge on any atom is -0.319 e. The Kier molecular flexibility index (Phi) is 3.52. The molecule has 0 fully saturated rings. The summed E-state index contributed by atoms with van der Waals surface area (Å²) in [6.07, 6.45) is 1.79. The maximum absolute atomic E-state index is 12.2. The molecule has 0 aliphatic carbocycles. The molecule has 1 N–H and O–H groups in total. The molecular formula is C13H14BrN3O. The minimum absolute atomic E-state index is 0.120. The molecule has 5 heteroatoms. The molecule has 1 aromatic heterocycles. The van der Waals surface area contributed by atoms with Gasteiger partial charge >= 0.3 is 0 Å². The van der Waals surface area contributed by atoms with Crippen LogP contribution in [0.2, 0.25) is 0 Å². The number of carbonyl (C=O) groups excluding carboxylic acids is 1. The molecule has 4 nitrogen and oxygen atoms in total. The van der Waals surface area contributed by atoms with Crippen molar-refractivity contribution in [3.8, 4) is 0 Å². The van der Waals surface area contributed by atoms with Gasteiger partial charge in [0, 0.05) is 23.3 Å². The van der Waals surface area contributed by atoms with E-state index < -0.39 is 0 Å². The summed E-state index contributed by atoms with van der Waals surface area (Å²) in [6, 6.07) is 5.57. The fraction of sp³-hybridized carbons (Fsp3) is 0.231. The largest absolute Gasteiger partial charge is 0.319 e. The molecule has 0 bridgehead atoms. The third kappa shape index (κ3) is 2.46. The van der Waals surface area contributed by atoms with Crippen molar-refractivity contribution in [3.05, 3.63) is 45.7 Å². The maximum Gasteiger partial charge on any atom is 0.256 e. The average molecular weight is 308 g/mol. The van der Waals surface area contributed by atoms with Crippen LogP contribution in [-0.2, 0) is 7.05 Å². The number of nitrogens with one attached hydrogen (secondary N) is 1. The van der Waals surface area contributed by atoms with Gasteiger partial charge in [-0.05, 0) is 31.5 Å². The molecule has 0 unspecified atom stereocenters. The lowest BCUT2D eigenvalue weighted by Gasteiger charge is -2.07. The van der Waals surface area contributed by atoms with Crippen LogP contribution in [0.25, 0.3) is 0 Å². The van der Waals surface area contributed by atoms with Crippen molar-refractivity contribution in [3.63, 3.8) is 0 Å². The fourth-order valence-corrected chi connectivity index (χ4v) is 2.13. The number of carbonyl (C=O) groups is 1. The number of nitrogens with zero attached hydrogens (tertiary/aromatic N) is 2. The first-order chi connectivity index (χ1) is 8.49. The molecule has 0 atom stereocenters. The van der Waals surface area contributed by atoms with Gasteiger partial charge in [-0.25, -0.2) is 0 Å². The predicted molar refractivity (Wildman–Crippen MR) is 74.8 cm³/mol. The smallest absolute Gasteiger partial charge is 0.256 e. The highest BCUT2D eigenvalue weighted by Gasteiger charge is 2.13. The lowest BCUT2D eigenvalue weighted by Crippen LogP contribution is -2.13. The molecule has 18 heavy (non-hydrogen) atoms. The van der Waals surface area contributed by atoms with E-state index in [1.807, 2.05) is 33.0 Å². The molecule has 0 spiro atoms. The number of aromatic nitrogens is 2. The van der Waals surface area contributed by atoms with Crippen molar-refractivity contribution < 1.29 is 4.79 Å². The van der Waals surface area contributed by atoms with Crippen molar-refractivity contribution in [1.82, 2.24) is 9.78 Å². The first-order valence-corrected chi connectivity index (χ1v) is 6.35. The van der Waals surface area contributed by atoms with Gasteiger partial charge in [-0.3, -0.25) is 9.48 Å². The lowest BCUT2D eigenvalue weighted by atomic mass is 10.1. The van der Waals surface area contributed by atoms with Crippen LogP contribution in [0.5, 0.6) is 0 Å². The van der Waals surface area contributed by atoms with Gasteiger partial charge < -0.3 is 5.32 Å². The second kappa shape index (κ2) is 4.94. The van der Waals surface area contributed by atoms with E-state index in [0.29, 0.717) is 5.56 Å². The normalized spacial score (nSPS) is 10.4. The van der Waals surface area contributed by atoms with Crippen LogP contribution >= 0.6 is 15.9 Å². The van der Waals surface area contributed by atoms with Gasteiger partial charge in [-0.2, -0.15) is 5.10 Å². The van der Waals surface area contributed by atoms with Crippen molar-refractivity contribution in [2.75, 3.05) is 5.32 Å². The van der Waals surface area contributed by atoms with Crippen molar-refractivity contribution in [2.24, 2.45) is 7.05 Å². The summed E-state index contributed by atoms with van der Waals surface area (Å²) in [6.45, 7) is 3.78. The zero-order valence-corrected chi connectivity index (χ0v) is 12.1. The van der Waals surface area contributed by atoms with E-state index in [-0.39, 0.29) is 5.91 Å². The summed E-state index contributed by atoms with van der Waals surface area (Å²) < 4.78 is 2.61. The van der Waals surface area contributed by atoms with E-state index in [0.717, 1.165) is 21.4 Å². The molecule has 0 radical (unpaired) electrons. The Morgan fingerprint density at radius 3 is 2.72 bits per heavy atom. The molecular weight excluding hydrogens is 294 g/mol. The Morgan fingerprint density at radius 2 is 2.11 bits per heavy atom. The Morgan fingerprint density at radius 1 is 1.39 bits per heavy atom. The van der Waals surface area contributed by atoms with Crippen LogP contribution in [0.4, 0.5) is 5.69 Å². The summed E-state index contributed by atoms with van der Waals surface area (Å²) >= 11 is 3.42. The quantitative estimate of drug-likeness (QED) is 0.927. The highest BCUT2D eigenvalue weighted by Crippen LogP contribution is 2.21. The van der Waals surface area contributed by atoms with E-state index in [2.05, 4.69) is 26.3 Å². The molecule has 2 aromatic rings. The van der Waals surface area contributed by atoms with Crippen molar-refractivity contribution in [1.29, 1.82) is 0 Å². The third-order valence-corrected chi connectivity index (χ3v) is 3.63. The number of amides is 1. The van der Waals surface area contributed by atoms with Gasteiger partial charge in [0.1, 0.15) is 0 Å². The summed E-state index contributed by atoms with van der Waals surface area (Å²) in [5, 5.41) is 7.06. The average Bonchev–Trinajstić information content (AvgIpc) is 2.61. The topological polar surface area (TPSA) is 46.9 Å². The number of hydrogen-bond acceptors (Lipinski definition) is 2. The van der Waals surface area contributed by atoms with Gasteiger partial charge in [0.15, 0.2) is 0 Å². The van der Waals surface area contributed by atoms with Crippen LogP contribution < -0.4 is 5.32 Å². The van der Waals surface area contributed by atoms with Gasteiger partial charge in [0.2, 0.25) is 0 Å². The Hall–Kier alpha value is -1.62. The maximum atomic E-state index is 12.2. The van der Waals surface area contributed by atoms with Gasteiger partial charge in [0.25, 0.3) is 5.91 Å². The SMILES string of the molecule is Cc1nn(C)cc1NC(=O)c1cccc(Br)c1C. The molecule has 94 valence electrons. The summed E-state index contributed by atoms with van der Waals surface area (Å²) in [4.78, 5) is 12.2. The number of hydrogen-bond donors (Lipinski definition) is 1. The standard InChI is InChI=1S/C13H14BrN3O/c1-8-10(5-4-6-11(8)14)13(18)15-12-7-17(3)16-9(12)2/h4-7H,1-3H3,(H,15,18). The van der Waals surface area contributed by atoms with Crippen LogP contribution in [0.15, 0.2) is 28.9 Å². The summed E-state index contributed by atoms with van der Waals surface area (Å²) in [5.41, 5.74) is 3.13. The second-order valence-electron chi connectivity index (χ2n) is 4.17. The van der Waals surface area contributed by atoms with E-state index in [4.69, 9.17) is 0 Å². The van der Waals surface area contributed by atoms with E-state index >= 15 is 0 Å². The second-order valence-corrected chi connectivity index (χ2v) is 5.02. The fourth-order valence-electron chi connectivity index (χ4n) is 1.77. The molecule has 0 aliphatic heterocycles. The van der Waals surface area contributed by atoms with Gasteiger partial charge in [0.05, 0.1) is 11.4 Å². The first-order valence-electron chi connectivity index (χ1n) is 5.55. The Labute approximate surface area is 114 Å². The van der Waals surface area contributed by atoms with Crippen molar-refractivity contribution in [2.45, 2.75) is 13.8 Å². The molecule has 0 saturated heterocycles. The molecule has 0 saturated carbocycles. The molecule has 2 rings (SSSR count). The molecule has 1 aromatic carbocycles. The van der Waals surface area contributed by atoms with Crippen LogP contribution in [-0.4, -0.2) is 15.7 Å². The third-order valence-electron chi connectivity index (χ3n) is 2.77. The van der Waals surface area contributed by atoms with E-state index in [1.54, 1.807) is 16.9 Å². The Bertz CT molecular complexity index is 604. The summed E-state index contributed by atoms with van der Waals surface area (Å²) in [5.74, 6) is -0.120. The van der Waals surface area contributed by atoms with Crippen LogP contribution in [0.3, 0.4) is 0 Å². The zero-order valence-electron chi connectivity index (χ0n) is 10.5. The number of aryl methyl sites for hydroxylation is 2. The van der Waals surface area contributed by atoms with E-state index in [9.17, 15) is 4.79 Å². The molecule has 1 heterocycles. The lowest BCUT2D eigenvalue weighted by molar-refractivity contribution is 0.102. The zero-order chi connectivity index (χ0) is 13.3. The number of halogens is 1. The summed E-state index contributed by atoms with van der Waals surface area (Å²) in [7, 11) is 1.83. The van der Waals surface area contributed by atoms with Crippen LogP contribution in [0, 0.1) is 13.8 Å². The van der Waals surface area contributed by atoms with Gasteiger partial charge in [-0.15, -0.1) is 0 Å². The Balaban J connectivity index is 2.27. The minimum atomic E-state index is -0.120. The predicted octanol–water partition coefficient (Wildman–Crippen LogP) is 3.05. The van der Waals surface area contributed by atoms with Crippen LogP contribution in [0.1, 0.15) is 21.6 Å². The first kappa shape index (κ1) is 12.8. The van der Waals surface area contributed by atoms with Crippen molar-refractivity contribution >= 4 is 27.5 Å². The number of rotatable bonds is 2. The van der Waals surface area contributed by atoms with E-state index in [1.165, 1.54) is 0 Å².